The van der Waals surface area contributed by atoms with Crippen LogP contribution in [0.1, 0.15) is 24.8 Å². The Morgan fingerprint density at radius 1 is 1.21 bits per heavy atom. The predicted molar refractivity (Wildman–Crippen MR) is 80.0 cm³/mol. The van der Waals surface area contributed by atoms with Gasteiger partial charge in [-0.1, -0.05) is 30.2 Å². The van der Waals surface area contributed by atoms with Gasteiger partial charge in [0, 0.05) is 6.54 Å². The fourth-order valence-electron chi connectivity index (χ4n) is 2.53. The van der Waals surface area contributed by atoms with E-state index in [0.29, 0.717) is 18.2 Å². The lowest BCUT2D eigenvalue weighted by molar-refractivity contribution is 0.183. The van der Waals surface area contributed by atoms with Gasteiger partial charge < -0.3 is 10.5 Å². The van der Waals surface area contributed by atoms with Crippen molar-refractivity contribution in [3.05, 3.63) is 28.8 Å². The highest BCUT2D eigenvalue weighted by Gasteiger charge is 2.11. The number of benzene rings is 1. The molecular weight excluding hydrogens is 260 g/mol. The van der Waals surface area contributed by atoms with E-state index >= 15 is 0 Å². The second-order valence-corrected chi connectivity index (χ2v) is 5.42. The van der Waals surface area contributed by atoms with E-state index < -0.39 is 0 Å². The van der Waals surface area contributed by atoms with Crippen molar-refractivity contribution >= 4 is 11.6 Å². The maximum Gasteiger partial charge on any atom is 0.141 e. The number of rotatable bonds is 6. The average molecular weight is 283 g/mol. The molecule has 1 aliphatic heterocycles. The van der Waals surface area contributed by atoms with Gasteiger partial charge in [-0.3, -0.25) is 4.90 Å². The van der Waals surface area contributed by atoms with Crippen LogP contribution in [0.5, 0.6) is 5.75 Å². The summed E-state index contributed by atoms with van der Waals surface area (Å²) in [5, 5.41) is 0.685. The van der Waals surface area contributed by atoms with E-state index in [1.165, 1.54) is 32.4 Å². The summed E-state index contributed by atoms with van der Waals surface area (Å²) < 4.78 is 5.89. The highest BCUT2D eigenvalue weighted by molar-refractivity contribution is 6.32. The highest BCUT2D eigenvalue weighted by Crippen LogP contribution is 2.28. The van der Waals surface area contributed by atoms with Crippen LogP contribution < -0.4 is 10.5 Å². The lowest BCUT2D eigenvalue weighted by Crippen LogP contribution is -2.33. The molecule has 0 aliphatic carbocycles. The summed E-state index contributed by atoms with van der Waals surface area (Å²) in [5.74, 6) is 0.812. The summed E-state index contributed by atoms with van der Waals surface area (Å²) in [6.07, 6.45) is 4.79. The fraction of sp³-hybridized carbons (Fsp3) is 0.600. The van der Waals surface area contributed by atoms with Crippen LogP contribution in [0.3, 0.4) is 0 Å². The highest BCUT2D eigenvalue weighted by atomic mass is 35.5. The van der Waals surface area contributed by atoms with E-state index in [0.717, 1.165) is 24.3 Å². The molecule has 4 heteroatoms. The van der Waals surface area contributed by atoms with Gasteiger partial charge in [-0.05, 0) is 50.5 Å². The SMILES string of the molecule is NCCc1cccc(Cl)c1OCCN1CCCCC1. The van der Waals surface area contributed by atoms with Gasteiger partial charge >= 0.3 is 0 Å². The van der Waals surface area contributed by atoms with E-state index in [9.17, 15) is 0 Å². The Morgan fingerprint density at radius 3 is 2.74 bits per heavy atom. The molecule has 0 saturated carbocycles. The third kappa shape index (κ3) is 4.37. The minimum absolute atomic E-state index is 0.614. The van der Waals surface area contributed by atoms with Crippen molar-refractivity contribution in [3.8, 4) is 5.75 Å². The van der Waals surface area contributed by atoms with Crippen molar-refractivity contribution in [2.45, 2.75) is 25.7 Å². The number of hydrogen-bond acceptors (Lipinski definition) is 3. The molecule has 1 aliphatic rings. The minimum atomic E-state index is 0.614. The van der Waals surface area contributed by atoms with Gasteiger partial charge in [0.2, 0.25) is 0 Å². The molecule has 3 nitrogen and oxygen atoms in total. The summed E-state index contributed by atoms with van der Waals surface area (Å²) in [6.45, 7) is 4.68. The predicted octanol–water partition coefficient (Wildman–Crippen LogP) is 2.71. The first-order chi connectivity index (χ1) is 9.31. The number of hydrogen-bond donors (Lipinski definition) is 1. The van der Waals surface area contributed by atoms with Crippen molar-refractivity contribution in [2.75, 3.05) is 32.8 Å². The van der Waals surface area contributed by atoms with E-state index in [1.54, 1.807) is 0 Å². The van der Waals surface area contributed by atoms with Crippen LogP contribution in [-0.2, 0) is 6.42 Å². The van der Waals surface area contributed by atoms with Crippen LogP contribution in [0.4, 0.5) is 0 Å². The molecule has 1 aromatic carbocycles. The second-order valence-electron chi connectivity index (χ2n) is 5.02. The summed E-state index contributed by atoms with van der Waals surface area (Å²) in [5.41, 5.74) is 6.72. The maximum absolute atomic E-state index is 6.21. The molecule has 0 radical (unpaired) electrons. The van der Waals surface area contributed by atoms with Crippen LogP contribution >= 0.6 is 11.6 Å². The minimum Gasteiger partial charge on any atom is -0.490 e. The molecule has 1 heterocycles. The molecule has 0 spiro atoms. The quantitative estimate of drug-likeness (QED) is 0.872. The zero-order chi connectivity index (χ0) is 13.5. The summed E-state index contributed by atoms with van der Waals surface area (Å²) in [7, 11) is 0. The number of halogens is 1. The standard InChI is InChI=1S/C15H23ClN2O/c16-14-6-4-5-13(7-8-17)15(14)19-12-11-18-9-2-1-3-10-18/h4-6H,1-3,7-12,17H2. The lowest BCUT2D eigenvalue weighted by atomic mass is 10.1. The van der Waals surface area contributed by atoms with E-state index in [-0.39, 0.29) is 0 Å². The van der Waals surface area contributed by atoms with Crippen LogP contribution in [0.25, 0.3) is 0 Å². The van der Waals surface area contributed by atoms with Crippen LogP contribution in [0, 0.1) is 0 Å². The molecule has 2 N–H and O–H groups in total. The maximum atomic E-state index is 6.21. The summed E-state index contributed by atoms with van der Waals surface area (Å²) in [6, 6.07) is 5.86. The van der Waals surface area contributed by atoms with Crippen molar-refractivity contribution in [1.29, 1.82) is 0 Å². The number of likely N-dealkylation sites (tertiary alicyclic amines) is 1. The van der Waals surface area contributed by atoms with Crippen molar-refractivity contribution in [1.82, 2.24) is 4.90 Å². The Hall–Kier alpha value is -0.770. The molecule has 0 aromatic heterocycles. The number of piperidine rings is 1. The van der Waals surface area contributed by atoms with Gasteiger partial charge in [0.25, 0.3) is 0 Å². The van der Waals surface area contributed by atoms with E-state index in [4.69, 9.17) is 22.1 Å². The number of ether oxygens (including phenoxy) is 1. The van der Waals surface area contributed by atoms with Gasteiger partial charge in [-0.25, -0.2) is 0 Å². The first-order valence-corrected chi connectivity index (χ1v) is 7.51. The molecule has 0 unspecified atom stereocenters. The molecule has 0 bridgehead atoms. The van der Waals surface area contributed by atoms with Crippen molar-refractivity contribution in [2.24, 2.45) is 5.73 Å². The molecule has 0 amide bonds. The number of para-hydroxylation sites is 1. The van der Waals surface area contributed by atoms with E-state index in [1.807, 2.05) is 18.2 Å². The molecule has 2 rings (SSSR count). The van der Waals surface area contributed by atoms with Gasteiger partial charge in [0.05, 0.1) is 5.02 Å². The van der Waals surface area contributed by atoms with Crippen molar-refractivity contribution in [3.63, 3.8) is 0 Å². The normalized spacial score (nSPS) is 16.5. The Morgan fingerprint density at radius 2 is 2.00 bits per heavy atom. The third-order valence-electron chi connectivity index (χ3n) is 3.56. The van der Waals surface area contributed by atoms with Gasteiger partial charge in [-0.2, -0.15) is 0 Å². The van der Waals surface area contributed by atoms with Gasteiger partial charge in [-0.15, -0.1) is 0 Å². The van der Waals surface area contributed by atoms with Gasteiger partial charge in [0.15, 0.2) is 0 Å². The number of nitrogens with two attached hydrogens (primary N) is 1. The zero-order valence-corrected chi connectivity index (χ0v) is 12.2. The summed E-state index contributed by atoms with van der Waals surface area (Å²) in [4.78, 5) is 2.46. The molecule has 1 aromatic rings. The molecule has 19 heavy (non-hydrogen) atoms. The lowest BCUT2D eigenvalue weighted by Gasteiger charge is -2.26. The molecule has 1 fully saturated rings. The topological polar surface area (TPSA) is 38.5 Å². The van der Waals surface area contributed by atoms with Crippen LogP contribution in [-0.4, -0.2) is 37.7 Å². The fourth-order valence-corrected chi connectivity index (χ4v) is 2.78. The average Bonchev–Trinajstić information content (AvgIpc) is 2.43. The van der Waals surface area contributed by atoms with Crippen molar-refractivity contribution < 1.29 is 4.74 Å². The Balaban J connectivity index is 1.87. The smallest absolute Gasteiger partial charge is 0.141 e. The van der Waals surface area contributed by atoms with E-state index in [2.05, 4.69) is 4.90 Å². The zero-order valence-electron chi connectivity index (χ0n) is 11.4. The van der Waals surface area contributed by atoms with Gasteiger partial charge in [0.1, 0.15) is 12.4 Å². The van der Waals surface area contributed by atoms with Crippen LogP contribution in [0.15, 0.2) is 18.2 Å². The Bertz CT molecular complexity index is 392. The third-order valence-corrected chi connectivity index (χ3v) is 3.86. The molecule has 1 saturated heterocycles. The second kappa shape index (κ2) is 7.73. The Labute approximate surface area is 120 Å². The summed E-state index contributed by atoms with van der Waals surface area (Å²) >= 11 is 6.21. The molecule has 0 atom stereocenters. The first-order valence-electron chi connectivity index (χ1n) is 7.14. The Kier molecular flexibility index (Phi) is 5.95. The van der Waals surface area contributed by atoms with Crippen LogP contribution in [0.2, 0.25) is 5.02 Å². The molecular formula is C15H23ClN2O. The largest absolute Gasteiger partial charge is 0.490 e. The first kappa shape index (κ1) is 14.6. The monoisotopic (exact) mass is 282 g/mol. The number of nitrogens with zero attached hydrogens (tertiary/aromatic N) is 1. The molecule has 106 valence electrons.